The molecule has 1 N–H and O–H groups in total. The van der Waals surface area contributed by atoms with E-state index in [9.17, 15) is 9.59 Å². The Hall–Kier alpha value is -1.10. The van der Waals surface area contributed by atoms with Crippen LogP contribution in [-0.2, 0) is 14.3 Å². The molecule has 0 radical (unpaired) electrons. The van der Waals surface area contributed by atoms with Crippen molar-refractivity contribution in [3.8, 4) is 0 Å². The number of nitrogens with zero attached hydrogens (tertiary/aromatic N) is 1. The number of hydrogen-bond donors (Lipinski definition) is 1. The van der Waals surface area contributed by atoms with E-state index >= 15 is 0 Å². The summed E-state index contributed by atoms with van der Waals surface area (Å²) in [5.74, 6) is -0.335. The van der Waals surface area contributed by atoms with Crippen LogP contribution in [0, 0.1) is 0 Å². The van der Waals surface area contributed by atoms with Gasteiger partial charge in [-0.2, -0.15) is 0 Å². The highest BCUT2D eigenvalue weighted by atomic mass is 16.5. The van der Waals surface area contributed by atoms with Crippen molar-refractivity contribution in [2.45, 2.75) is 13.3 Å². The minimum Gasteiger partial charge on any atom is -0.375 e. The number of hydrogen-bond acceptors (Lipinski definition) is 3. The summed E-state index contributed by atoms with van der Waals surface area (Å²) in [5, 5.41) is 2.69. The maximum atomic E-state index is 11.2. The fraction of sp³-hybridized carbons (Fsp3) is 0.778. The van der Waals surface area contributed by atoms with E-state index in [0.717, 1.165) is 6.42 Å². The third-order valence-electron chi connectivity index (χ3n) is 1.65. The van der Waals surface area contributed by atoms with Crippen LogP contribution in [-0.4, -0.2) is 50.6 Å². The number of likely N-dealkylation sites (N-methyl/N-ethyl adjacent to an activating group) is 1. The number of ether oxygens (including phenoxy) is 1. The van der Waals surface area contributed by atoms with Crippen molar-refractivity contribution in [3.63, 3.8) is 0 Å². The normalized spacial score (nSPS) is 9.64. The summed E-state index contributed by atoms with van der Waals surface area (Å²) in [4.78, 5) is 23.7. The van der Waals surface area contributed by atoms with Crippen molar-refractivity contribution in [2.75, 3.05) is 33.9 Å². The van der Waals surface area contributed by atoms with Crippen molar-refractivity contribution in [3.05, 3.63) is 0 Å². The SMILES string of the molecule is CCCNC(=O)CN(C)C(=O)COC. The molecule has 5 nitrogen and oxygen atoms in total. The van der Waals surface area contributed by atoms with Crippen LogP contribution in [0.4, 0.5) is 0 Å². The second-order valence-electron chi connectivity index (χ2n) is 3.03. The van der Waals surface area contributed by atoms with Gasteiger partial charge in [-0.15, -0.1) is 0 Å². The Labute approximate surface area is 84.4 Å². The van der Waals surface area contributed by atoms with Crippen molar-refractivity contribution in [1.82, 2.24) is 10.2 Å². The fourth-order valence-corrected chi connectivity index (χ4v) is 0.858. The number of methoxy groups -OCH3 is 1. The highest BCUT2D eigenvalue weighted by Crippen LogP contribution is 1.85. The van der Waals surface area contributed by atoms with Gasteiger partial charge in [0.1, 0.15) is 6.61 Å². The summed E-state index contributed by atoms with van der Waals surface area (Å²) in [6.45, 7) is 2.71. The highest BCUT2D eigenvalue weighted by molar-refractivity contribution is 5.85. The first-order valence-corrected chi connectivity index (χ1v) is 4.61. The highest BCUT2D eigenvalue weighted by Gasteiger charge is 2.11. The van der Waals surface area contributed by atoms with E-state index < -0.39 is 0 Å². The van der Waals surface area contributed by atoms with E-state index in [0.29, 0.717) is 6.54 Å². The molecule has 0 heterocycles. The van der Waals surface area contributed by atoms with Crippen LogP contribution >= 0.6 is 0 Å². The van der Waals surface area contributed by atoms with Crippen LogP contribution in [0.2, 0.25) is 0 Å². The molecule has 14 heavy (non-hydrogen) atoms. The van der Waals surface area contributed by atoms with E-state index in [1.807, 2.05) is 6.92 Å². The summed E-state index contributed by atoms with van der Waals surface area (Å²) in [7, 11) is 3.02. The Bertz CT molecular complexity index is 194. The lowest BCUT2D eigenvalue weighted by atomic mass is 10.4. The first kappa shape index (κ1) is 12.9. The number of rotatable bonds is 6. The Balaban J connectivity index is 3.75. The molecule has 0 aliphatic rings. The molecule has 0 aromatic carbocycles. The molecule has 0 saturated carbocycles. The maximum absolute atomic E-state index is 11.2. The summed E-state index contributed by atoms with van der Waals surface area (Å²) in [5.41, 5.74) is 0. The lowest BCUT2D eigenvalue weighted by molar-refractivity contribution is -0.137. The van der Waals surface area contributed by atoms with Gasteiger partial charge in [-0.3, -0.25) is 9.59 Å². The van der Waals surface area contributed by atoms with E-state index in [1.165, 1.54) is 12.0 Å². The van der Waals surface area contributed by atoms with Crippen LogP contribution in [0.3, 0.4) is 0 Å². The average Bonchev–Trinajstić information content (AvgIpc) is 2.15. The largest absolute Gasteiger partial charge is 0.375 e. The molecule has 2 amide bonds. The zero-order valence-corrected chi connectivity index (χ0v) is 9.00. The van der Waals surface area contributed by atoms with Crippen LogP contribution in [0.25, 0.3) is 0 Å². The molecule has 0 fully saturated rings. The standard InChI is InChI=1S/C9H18N2O3/c1-4-5-10-8(12)6-11(2)9(13)7-14-3/h4-7H2,1-3H3,(H,10,12). The molecule has 82 valence electrons. The van der Waals surface area contributed by atoms with Gasteiger partial charge in [0.15, 0.2) is 0 Å². The van der Waals surface area contributed by atoms with E-state index in [1.54, 1.807) is 7.05 Å². The zero-order valence-electron chi connectivity index (χ0n) is 9.00. The van der Waals surface area contributed by atoms with E-state index in [4.69, 9.17) is 0 Å². The molecule has 0 rings (SSSR count). The van der Waals surface area contributed by atoms with Gasteiger partial charge in [-0.25, -0.2) is 0 Å². The van der Waals surface area contributed by atoms with E-state index in [2.05, 4.69) is 10.1 Å². The Kier molecular flexibility index (Phi) is 6.74. The second kappa shape index (κ2) is 7.32. The van der Waals surface area contributed by atoms with Gasteiger partial charge in [-0.1, -0.05) is 6.92 Å². The molecular formula is C9H18N2O3. The lowest BCUT2D eigenvalue weighted by Crippen LogP contribution is -2.39. The molecule has 0 bridgehead atoms. The minimum atomic E-state index is -0.195. The molecule has 0 atom stereocenters. The molecular weight excluding hydrogens is 184 g/mol. The predicted molar refractivity (Wildman–Crippen MR) is 52.8 cm³/mol. The topological polar surface area (TPSA) is 58.6 Å². The van der Waals surface area contributed by atoms with Crippen molar-refractivity contribution in [2.24, 2.45) is 0 Å². The minimum absolute atomic E-state index is 0.0115. The molecule has 0 unspecified atom stereocenters. The third-order valence-corrected chi connectivity index (χ3v) is 1.65. The predicted octanol–water partition coefficient (Wildman–Crippen LogP) is -0.383. The quantitative estimate of drug-likeness (QED) is 0.638. The Morgan fingerprint density at radius 2 is 2.07 bits per heavy atom. The Morgan fingerprint density at radius 3 is 2.57 bits per heavy atom. The molecule has 0 aromatic heterocycles. The summed E-state index contributed by atoms with van der Waals surface area (Å²) < 4.78 is 4.66. The molecule has 0 aromatic rings. The summed E-state index contributed by atoms with van der Waals surface area (Å²) >= 11 is 0. The van der Waals surface area contributed by atoms with Crippen molar-refractivity contribution < 1.29 is 14.3 Å². The van der Waals surface area contributed by atoms with Gasteiger partial charge in [0.25, 0.3) is 0 Å². The number of nitrogens with one attached hydrogen (secondary N) is 1. The van der Waals surface area contributed by atoms with Gasteiger partial charge < -0.3 is 15.0 Å². The molecule has 0 aliphatic heterocycles. The van der Waals surface area contributed by atoms with Gasteiger partial charge >= 0.3 is 0 Å². The van der Waals surface area contributed by atoms with Gasteiger partial charge in [0.2, 0.25) is 11.8 Å². The first-order chi connectivity index (χ1) is 6.61. The maximum Gasteiger partial charge on any atom is 0.248 e. The molecule has 0 aliphatic carbocycles. The number of carbonyl (C=O) groups excluding carboxylic acids is 2. The van der Waals surface area contributed by atoms with Crippen molar-refractivity contribution in [1.29, 1.82) is 0 Å². The molecule has 0 saturated heterocycles. The molecule has 5 heteroatoms. The average molecular weight is 202 g/mol. The summed E-state index contributed by atoms with van der Waals surface area (Å²) in [6.07, 6.45) is 0.890. The second-order valence-corrected chi connectivity index (χ2v) is 3.03. The zero-order chi connectivity index (χ0) is 11.0. The van der Waals surface area contributed by atoms with Gasteiger partial charge in [0.05, 0.1) is 6.54 Å². The smallest absolute Gasteiger partial charge is 0.248 e. The van der Waals surface area contributed by atoms with Crippen LogP contribution in [0.5, 0.6) is 0 Å². The first-order valence-electron chi connectivity index (χ1n) is 4.61. The summed E-state index contributed by atoms with van der Waals surface area (Å²) in [6, 6.07) is 0. The molecule has 0 spiro atoms. The van der Waals surface area contributed by atoms with E-state index in [-0.39, 0.29) is 25.0 Å². The Morgan fingerprint density at radius 1 is 1.43 bits per heavy atom. The van der Waals surface area contributed by atoms with Gasteiger partial charge in [-0.05, 0) is 6.42 Å². The van der Waals surface area contributed by atoms with Crippen LogP contribution in [0.1, 0.15) is 13.3 Å². The number of carbonyl (C=O) groups is 2. The lowest BCUT2D eigenvalue weighted by Gasteiger charge is -2.15. The fourth-order valence-electron chi connectivity index (χ4n) is 0.858. The van der Waals surface area contributed by atoms with Gasteiger partial charge in [0, 0.05) is 20.7 Å². The van der Waals surface area contributed by atoms with Crippen LogP contribution in [0.15, 0.2) is 0 Å². The monoisotopic (exact) mass is 202 g/mol. The third kappa shape index (κ3) is 5.53. The van der Waals surface area contributed by atoms with Crippen molar-refractivity contribution >= 4 is 11.8 Å². The van der Waals surface area contributed by atoms with Crippen LogP contribution < -0.4 is 5.32 Å². The number of amides is 2.